The third-order valence-electron chi connectivity index (χ3n) is 2.81. The van der Waals surface area contributed by atoms with E-state index in [-0.39, 0.29) is 0 Å². The van der Waals surface area contributed by atoms with Crippen LogP contribution in [0.25, 0.3) is 0 Å². The SMILES string of the molecule is COc1c(Br)cc(C)c(CCCCN)c1OC. The van der Waals surface area contributed by atoms with Gasteiger partial charge in [0, 0.05) is 5.56 Å². The minimum atomic E-state index is 0.731. The summed E-state index contributed by atoms with van der Waals surface area (Å²) in [5.41, 5.74) is 7.94. The Labute approximate surface area is 111 Å². The Bertz CT molecular complexity index is 380. The Morgan fingerprint density at radius 3 is 2.35 bits per heavy atom. The van der Waals surface area contributed by atoms with Crippen LogP contribution in [-0.2, 0) is 6.42 Å². The highest BCUT2D eigenvalue weighted by molar-refractivity contribution is 9.10. The van der Waals surface area contributed by atoms with E-state index >= 15 is 0 Å². The van der Waals surface area contributed by atoms with Crippen molar-refractivity contribution in [1.29, 1.82) is 0 Å². The maximum Gasteiger partial charge on any atom is 0.175 e. The second-order valence-electron chi connectivity index (χ2n) is 3.97. The van der Waals surface area contributed by atoms with Crippen molar-refractivity contribution in [2.24, 2.45) is 5.73 Å². The normalized spacial score (nSPS) is 10.4. The summed E-state index contributed by atoms with van der Waals surface area (Å²) in [6.07, 6.45) is 3.06. The van der Waals surface area contributed by atoms with E-state index < -0.39 is 0 Å². The molecule has 3 nitrogen and oxygen atoms in total. The molecule has 0 saturated carbocycles. The van der Waals surface area contributed by atoms with Gasteiger partial charge in [-0.1, -0.05) is 0 Å². The monoisotopic (exact) mass is 301 g/mol. The molecule has 0 radical (unpaired) electrons. The Morgan fingerprint density at radius 2 is 1.82 bits per heavy atom. The number of aryl methyl sites for hydroxylation is 1. The molecule has 0 aliphatic carbocycles. The Kier molecular flexibility index (Phi) is 5.78. The first-order valence-corrected chi connectivity index (χ1v) is 6.55. The van der Waals surface area contributed by atoms with E-state index in [9.17, 15) is 0 Å². The van der Waals surface area contributed by atoms with E-state index in [0.29, 0.717) is 0 Å². The van der Waals surface area contributed by atoms with Gasteiger partial charge >= 0.3 is 0 Å². The van der Waals surface area contributed by atoms with Gasteiger partial charge in [-0.3, -0.25) is 0 Å². The van der Waals surface area contributed by atoms with Crippen molar-refractivity contribution in [3.63, 3.8) is 0 Å². The Balaban J connectivity index is 3.08. The van der Waals surface area contributed by atoms with Crippen LogP contribution in [0.4, 0.5) is 0 Å². The van der Waals surface area contributed by atoms with Gasteiger partial charge in [-0.15, -0.1) is 0 Å². The lowest BCUT2D eigenvalue weighted by Gasteiger charge is -2.16. The molecule has 1 rings (SSSR count). The second-order valence-corrected chi connectivity index (χ2v) is 4.82. The van der Waals surface area contributed by atoms with E-state index in [1.54, 1.807) is 14.2 Å². The van der Waals surface area contributed by atoms with Gasteiger partial charge < -0.3 is 15.2 Å². The molecule has 96 valence electrons. The largest absolute Gasteiger partial charge is 0.493 e. The lowest BCUT2D eigenvalue weighted by molar-refractivity contribution is 0.349. The van der Waals surface area contributed by atoms with Crippen molar-refractivity contribution in [1.82, 2.24) is 0 Å². The minimum absolute atomic E-state index is 0.731. The molecule has 0 bridgehead atoms. The van der Waals surface area contributed by atoms with E-state index in [4.69, 9.17) is 15.2 Å². The highest BCUT2D eigenvalue weighted by Gasteiger charge is 2.16. The number of nitrogens with two attached hydrogens (primary N) is 1. The number of halogens is 1. The van der Waals surface area contributed by atoms with Crippen molar-refractivity contribution in [3.05, 3.63) is 21.7 Å². The van der Waals surface area contributed by atoms with Gasteiger partial charge in [0.05, 0.1) is 18.7 Å². The van der Waals surface area contributed by atoms with Gasteiger partial charge in [-0.05, 0) is 60.3 Å². The number of unbranched alkanes of at least 4 members (excludes halogenated alkanes) is 1. The van der Waals surface area contributed by atoms with Gasteiger partial charge in [-0.25, -0.2) is 0 Å². The first kappa shape index (κ1) is 14.3. The van der Waals surface area contributed by atoms with Crippen LogP contribution >= 0.6 is 15.9 Å². The summed E-state index contributed by atoms with van der Waals surface area (Å²) >= 11 is 3.49. The fraction of sp³-hybridized carbons (Fsp3) is 0.538. The molecule has 0 aromatic heterocycles. The van der Waals surface area contributed by atoms with Crippen LogP contribution in [0.3, 0.4) is 0 Å². The summed E-state index contributed by atoms with van der Waals surface area (Å²) in [7, 11) is 3.33. The lowest BCUT2D eigenvalue weighted by atomic mass is 10.0. The lowest BCUT2D eigenvalue weighted by Crippen LogP contribution is -2.03. The molecule has 0 atom stereocenters. The van der Waals surface area contributed by atoms with Crippen molar-refractivity contribution in [2.75, 3.05) is 20.8 Å². The predicted octanol–water partition coefficient (Wildman–Crippen LogP) is 3.06. The van der Waals surface area contributed by atoms with Gasteiger partial charge in [0.15, 0.2) is 11.5 Å². The number of benzene rings is 1. The summed E-state index contributed by atoms with van der Waals surface area (Å²) in [6.45, 7) is 2.82. The number of methoxy groups -OCH3 is 2. The zero-order valence-electron chi connectivity index (χ0n) is 10.7. The molecule has 0 aliphatic rings. The maximum atomic E-state index is 5.52. The zero-order chi connectivity index (χ0) is 12.8. The summed E-state index contributed by atoms with van der Waals surface area (Å²) in [6, 6.07) is 2.07. The Hall–Kier alpha value is -0.740. The quantitative estimate of drug-likeness (QED) is 0.821. The summed E-state index contributed by atoms with van der Waals surface area (Å²) in [5, 5.41) is 0. The van der Waals surface area contributed by atoms with Gasteiger partial charge in [0.2, 0.25) is 0 Å². The molecule has 2 N–H and O–H groups in total. The minimum Gasteiger partial charge on any atom is -0.493 e. The van der Waals surface area contributed by atoms with E-state index in [2.05, 4.69) is 28.9 Å². The fourth-order valence-electron chi connectivity index (χ4n) is 1.93. The number of ether oxygens (including phenoxy) is 2. The van der Waals surface area contributed by atoms with Crippen LogP contribution < -0.4 is 15.2 Å². The molecule has 0 fully saturated rings. The first-order valence-electron chi connectivity index (χ1n) is 5.75. The molecule has 17 heavy (non-hydrogen) atoms. The van der Waals surface area contributed by atoms with Crippen LogP contribution in [0.2, 0.25) is 0 Å². The van der Waals surface area contributed by atoms with Crippen molar-refractivity contribution in [3.8, 4) is 11.5 Å². The van der Waals surface area contributed by atoms with Crippen LogP contribution in [-0.4, -0.2) is 20.8 Å². The summed E-state index contributed by atoms with van der Waals surface area (Å²) in [4.78, 5) is 0. The van der Waals surface area contributed by atoms with E-state index in [0.717, 1.165) is 41.8 Å². The van der Waals surface area contributed by atoms with E-state index in [1.165, 1.54) is 11.1 Å². The zero-order valence-corrected chi connectivity index (χ0v) is 12.3. The second kappa shape index (κ2) is 6.87. The molecule has 0 aliphatic heterocycles. The Morgan fingerprint density at radius 1 is 1.18 bits per heavy atom. The average Bonchev–Trinajstić information content (AvgIpc) is 2.31. The highest BCUT2D eigenvalue weighted by atomic mass is 79.9. The molecule has 1 aromatic rings. The third kappa shape index (κ3) is 3.36. The molecule has 4 heteroatoms. The van der Waals surface area contributed by atoms with Gasteiger partial charge in [0.1, 0.15) is 0 Å². The van der Waals surface area contributed by atoms with Gasteiger partial charge in [0.25, 0.3) is 0 Å². The van der Waals surface area contributed by atoms with Crippen molar-refractivity contribution < 1.29 is 9.47 Å². The number of hydrogen-bond donors (Lipinski definition) is 1. The van der Waals surface area contributed by atoms with Crippen LogP contribution in [0, 0.1) is 6.92 Å². The van der Waals surface area contributed by atoms with Crippen LogP contribution in [0.5, 0.6) is 11.5 Å². The van der Waals surface area contributed by atoms with Crippen molar-refractivity contribution >= 4 is 15.9 Å². The molecule has 0 heterocycles. The molecule has 0 amide bonds. The van der Waals surface area contributed by atoms with Crippen LogP contribution in [0.15, 0.2) is 10.5 Å². The molecule has 0 saturated heterocycles. The maximum absolute atomic E-state index is 5.52. The highest BCUT2D eigenvalue weighted by Crippen LogP contribution is 2.40. The summed E-state index contributed by atoms with van der Waals surface area (Å²) in [5.74, 6) is 1.59. The predicted molar refractivity (Wildman–Crippen MR) is 74.0 cm³/mol. The standard InChI is InChI=1S/C13H20BrNO2/c1-9-8-11(14)13(17-3)12(16-2)10(9)6-4-5-7-15/h8H,4-7,15H2,1-3H3. The number of hydrogen-bond acceptors (Lipinski definition) is 3. The molecule has 0 unspecified atom stereocenters. The van der Waals surface area contributed by atoms with Gasteiger partial charge in [-0.2, -0.15) is 0 Å². The average molecular weight is 302 g/mol. The molecule has 0 spiro atoms. The van der Waals surface area contributed by atoms with Crippen LogP contribution in [0.1, 0.15) is 24.0 Å². The first-order chi connectivity index (χ1) is 8.15. The van der Waals surface area contributed by atoms with E-state index in [1.807, 2.05) is 0 Å². The molecular formula is C13H20BrNO2. The van der Waals surface area contributed by atoms with Crippen molar-refractivity contribution in [2.45, 2.75) is 26.2 Å². The molecule has 1 aromatic carbocycles. The topological polar surface area (TPSA) is 44.5 Å². The summed E-state index contributed by atoms with van der Waals surface area (Å²) < 4.78 is 11.8. The molecular weight excluding hydrogens is 282 g/mol. The number of rotatable bonds is 6. The third-order valence-corrected chi connectivity index (χ3v) is 3.39. The smallest absolute Gasteiger partial charge is 0.175 e. The fourth-order valence-corrected chi connectivity index (χ4v) is 2.62.